The van der Waals surface area contributed by atoms with Crippen LogP contribution in [0, 0.1) is 17.8 Å². The molecule has 6 atom stereocenters. The number of unbranched alkanes of at least 4 members (excludes halogenated alkanes) is 11. The Hall–Kier alpha value is -4.81. The Morgan fingerprint density at radius 2 is 1.54 bits per heavy atom. The summed E-state index contributed by atoms with van der Waals surface area (Å²) in [4.78, 5) is 24.8. The van der Waals surface area contributed by atoms with Crippen molar-refractivity contribution in [3.05, 3.63) is 126 Å². The van der Waals surface area contributed by atoms with E-state index in [9.17, 15) is 10.2 Å². The first-order chi connectivity index (χ1) is 36.1. The van der Waals surface area contributed by atoms with Crippen LogP contribution in [-0.2, 0) is 20.9 Å². The van der Waals surface area contributed by atoms with Gasteiger partial charge in [-0.15, -0.1) is 18.3 Å². The number of oxime groups is 1. The molecule has 0 spiro atoms. The van der Waals surface area contributed by atoms with E-state index in [2.05, 4.69) is 80.2 Å². The first-order valence-corrected chi connectivity index (χ1v) is 29.1. The quantitative estimate of drug-likeness (QED) is 0.0220. The van der Waals surface area contributed by atoms with Gasteiger partial charge >= 0.3 is 6.09 Å². The number of nitrogens with zero attached hydrogens (tertiary/aromatic N) is 2. The number of amides is 1. The van der Waals surface area contributed by atoms with Crippen LogP contribution in [0.5, 0.6) is 11.5 Å². The van der Waals surface area contributed by atoms with Gasteiger partial charge in [0, 0.05) is 41.8 Å². The Morgan fingerprint density at radius 1 is 0.838 bits per heavy atom. The van der Waals surface area contributed by atoms with Gasteiger partial charge in [-0.25, -0.2) is 4.79 Å². The molecule has 6 unspecified atom stereocenters. The van der Waals surface area contributed by atoms with Crippen LogP contribution in [0.25, 0.3) is 10.8 Å². The lowest BCUT2D eigenvalue weighted by Gasteiger charge is -2.60. The van der Waals surface area contributed by atoms with Crippen molar-refractivity contribution >= 4 is 34.3 Å². The highest BCUT2D eigenvalue weighted by atomic mass is 32.2. The zero-order valence-electron chi connectivity index (χ0n) is 45.0. The maximum atomic E-state index is 15.4. The summed E-state index contributed by atoms with van der Waals surface area (Å²) < 4.78 is 27.9. The van der Waals surface area contributed by atoms with Crippen LogP contribution >= 0.6 is 11.8 Å². The third kappa shape index (κ3) is 15.2. The molecule has 7 rings (SSSR count). The molecule has 2 aliphatic carbocycles. The number of fused-ring (bicyclic) bond motifs is 3. The van der Waals surface area contributed by atoms with Crippen molar-refractivity contribution < 1.29 is 38.8 Å². The van der Waals surface area contributed by atoms with Gasteiger partial charge in [-0.2, -0.15) is 0 Å². The zero-order chi connectivity index (χ0) is 52.2. The van der Waals surface area contributed by atoms with Crippen LogP contribution in [0.2, 0.25) is 0 Å². The highest BCUT2D eigenvalue weighted by Gasteiger charge is 2.66. The van der Waals surface area contributed by atoms with Gasteiger partial charge in [0.25, 0.3) is 0 Å². The van der Waals surface area contributed by atoms with E-state index in [-0.39, 0.29) is 50.5 Å². The molecule has 1 aliphatic heterocycles. The molecule has 3 aliphatic rings. The number of aliphatic hydroxyl groups is 2. The second-order valence-electron chi connectivity index (χ2n) is 21.5. The lowest BCUT2D eigenvalue weighted by molar-refractivity contribution is -0.256. The molecular formula is C63H86N2O8S. The maximum Gasteiger partial charge on any atom is 0.410 e. The van der Waals surface area contributed by atoms with Crippen molar-refractivity contribution in [1.29, 1.82) is 0 Å². The molecule has 4 aromatic rings. The van der Waals surface area contributed by atoms with Crippen LogP contribution in [-0.4, -0.2) is 83.1 Å². The number of hydrogen-bond donors (Lipinski definition) is 2. The fourth-order valence-corrected chi connectivity index (χ4v) is 12.3. The normalized spacial score (nSPS) is 21.6. The van der Waals surface area contributed by atoms with Gasteiger partial charge in [0.15, 0.2) is 0 Å². The van der Waals surface area contributed by atoms with E-state index in [1.807, 2.05) is 56.0 Å². The van der Waals surface area contributed by atoms with Gasteiger partial charge in [0.2, 0.25) is 5.79 Å². The fourth-order valence-electron chi connectivity index (χ4n) is 11.5. The predicted molar refractivity (Wildman–Crippen MR) is 301 cm³/mol. The zero-order valence-corrected chi connectivity index (χ0v) is 45.8. The van der Waals surface area contributed by atoms with Crippen molar-refractivity contribution in [1.82, 2.24) is 4.90 Å². The SMILES string of the molecule is C=CCOC12Oc3ccc(OCCSc4ccccc4)cc3C3C(CCCCO)C(CCCCO)C=C(C(=NOC(C)(C)C)CC1N(Cc1cccc4ccccc14)C(=O)OCCCCCCCCCCCC)C32. The van der Waals surface area contributed by atoms with Crippen molar-refractivity contribution in [2.75, 3.05) is 38.8 Å². The summed E-state index contributed by atoms with van der Waals surface area (Å²) in [5.74, 6) is 0.316. The molecule has 1 saturated carbocycles. The molecule has 0 saturated heterocycles. The molecule has 11 heteroatoms. The number of hydrogen-bond acceptors (Lipinski definition) is 10. The Morgan fingerprint density at radius 3 is 2.27 bits per heavy atom. The Balaban J connectivity index is 1.33. The number of ether oxygens (including phenoxy) is 4. The summed E-state index contributed by atoms with van der Waals surface area (Å²) >= 11 is 1.76. The smallest absolute Gasteiger partial charge is 0.410 e. The number of rotatable bonds is 31. The topological polar surface area (TPSA) is 119 Å². The lowest BCUT2D eigenvalue weighted by Crippen LogP contribution is -2.70. The summed E-state index contributed by atoms with van der Waals surface area (Å²) in [6.07, 6.45) is 20.5. The first-order valence-electron chi connectivity index (χ1n) is 28.1. The predicted octanol–water partition coefficient (Wildman–Crippen LogP) is 15.0. The summed E-state index contributed by atoms with van der Waals surface area (Å²) in [6.45, 7) is 13.9. The Bertz CT molecular complexity index is 2410. The Labute approximate surface area is 447 Å². The number of aliphatic hydroxyl groups excluding tert-OH is 2. The largest absolute Gasteiger partial charge is 0.493 e. The van der Waals surface area contributed by atoms with E-state index in [0.29, 0.717) is 31.8 Å². The second kappa shape index (κ2) is 28.9. The molecular weight excluding hydrogens is 945 g/mol. The summed E-state index contributed by atoms with van der Waals surface area (Å²) in [5.41, 5.74) is 3.15. The third-order valence-electron chi connectivity index (χ3n) is 15.0. The van der Waals surface area contributed by atoms with Crippen LogP contribution in [0.15, 0.2) is 125 Å². The molecule has 0 radical (unpaired) electrons. The van der Waals surface area contributed by atoms with E-state index in [1.54, 1.807) is 17.8 Å². The van der Waals surface area contributed by atoms with E-state index in [1.165, 1.54) is 49.8 Å². The molecule has 2 N–H and O–H groups in total. The molecule has 0 aromatic heterocycles. The molecule has 1 amide bonds. The summed E-state index contributed by atoms with van der Waals surface area (Å²) in [7, 11) is 0. The van der Waals surface area contributed by atoms with Gasteiger partial charge in [0.1, 0.15) is 23.1 Å². The van der Waals surface area contributed by atoms with E-state index >= 15 is 4.79 Å². The van der Waals surface area contributed by atoms with Crippen LogP contribution in [0.3, 0.4) is 0 Å². The summed E-state index contributed by atoms with van der Waals surface area (Å²) in [6, 6.07) is 30.4. The standard InChI is InChI=1S/C63H86N2O8S/c1-6-8-9-10-11-12-13-14-15-25-40-70-61(68)65(46-49-30-26-29-47-27-19-20-33-52(47)49)58-45-56(64-73-62(3,4)5)54-43-48(28-21-23-37-66)53(34-22-24-38-67)59-55-44-50(69-41-42-74-51-31-17-16-18-32-51)35-36-57(55)72-63(58,60(54)59)71-39-7-2/h7,16-20,26-27,29-33,35-36,43-44,48,53,58-60,66-67H,2,6,8-15,21-25,28,34,37-42,45-46H2,1,3-5H3. The maximum absolute atomic E-state index is 15.4. The fraction of sp³-hybridized carbons (Fsp3) is 0.556. The molecule has 1 fully saturated rings. The average Bonchev–Trinajstić information content (AvgIpc) is 3.46. The highest BCUT2D eigenvalue weighted by molar-refractivity contribution is 7.99. The van der Waals surface area contributed by atoms with E-state index in [4.69, 9.17) is 28.9 Å². The molecule has 74 heavy (non-hydrogen) atoms. The van der Waals surface area contributed by atoms with Crippen molar-refractivity contribution in [3.8, 4) is 11.5 Å². The molecule has 402 valence electrons. The highest BCUT2D eigenvalue weighted by Crippen LogP contribution is 2.62. The molecule has 1 heterocycles. The summed E-state index contributed by atoms with van der Waals surface area (Å²) in [5, 5.41) is 27.4. The van der Waals surface area contributed by atoms with Crippen molar-refractivity contribution in [3.63, 3.8) is 0 Å². The number of benzene rings is 4. The van der Waals surface area contributed by atoms with E-state index in [0.717, 1.165) is 89.6 Å². The van der Waals surface area contributed by atoms with E-state index < -0.39 is 29.4 Å². The van der Waals surface area contributed by atoms with Gasteiger partial charge < -0.3 is 34.0 Å². The van der Waals surface area contributed by atoms with Crippen LogP contribution < -0.4 is 9.47 Å². The Kier molecular flexibility index (Phi) is 22.2. The van der Waals surface area contributed by atoms with Crippen molar-refractivity contribution in [2.45, 2.75) is 172 Å². The monoisotopic (exact) mass is 1030 g/mol. The third-order valence-corrected chi connectivity index (χ3v) is 16.0. The minimum atomic E-state index is -1.43. The minimum absolute atomic E-state index is 0.0746. The lowest BCUT2D eigenvalue weighted by atomic mass is 9.55. The van der Waals surface area contributed by atoms with Crippen LogP contribution in [0.1, 0.15) is 154 Å². The number of allylic oxidation sites excluding steroid dienone is 1. The first kappa shape index (κ1) is 56.9. The van der Waals surface area contributed by atoms with Gasteiger partial charge in [-0.3, -0.25) is 4.90 Å². The minimum Gasteiger partial charge on any atom is -0.493 e. The van der Waals surface area contributed by atoms with Gasteiger partial charge in [-0.05, 0) is 117 Å². The number of carbonyl (C=O) groups excluding carboxylic acids is 1. The molecule has 4 aromatic carbocycles. The van der Waals surface area contributed by atoms with Crippen molar-refractivity contribution in [2.24, 2.45) is 22.9 Å². The average molecular weight is 1030 g/mol. The van der Waals surface area contributed by atoms with Crippen LogP contribution in [0.4, 0.5) is 4.79 Å². The van der Waals surface area contributed by atoms with Gasteiger partial charge in [0.05, 0.1) is 38.0 Å². The number of carbonyl (C=O) groups is 1. The molecule has 0 bridgehead atoms. The second-order valence-corrected chi connectivity index (χ2v) is 22.7. The number of thioether (sulfide) groups is 1. The van der Waals surface area contributed by atoms with Gasteiger partial charge in [-0.1, -0.05) is 156 Å². The molecule has 10 nitrogen and oxygen atoms in total.